The van der Waals surface area contributed by atoms with Gasteiger partial charge in [-0.2, -0.15) is 0 Å². The summed E-state index contributed by atoms with van der Waals surface area (Å²) in [5, 5.41) is 6.25. The molecule has 4 aromatic rings. The van der Waals surface area contributed by atoms with Crippen molar-refractivity contribution in [3.05, 3.63) is 87.9 Å². The van der Waals surface area contributed by atoms with Crippen molar-refractivity contribution in [2.24, 2.45) is 0 Å². The van der Waals surface area contributed by atoms with Crippen molar-refractivity contribution in [1.29, 1.82) is 0 Å². The Kier molecular flexibility index (Phi) is 7.36. The molecule has 2 aliphatic heterocycles. The molecule has 0 radical (unpaired) electrons. The summed E-state index contributed by atoms with van der Waals surface area (Å²) in [5.74, 6) is -0.162. The Balaban J connectivity index is 1.21. The van der Waals surface area contributed by atoms with Gasteiger partial charge in [0.25, 0.3) is 11.1 Å². The molecule has 42 heavy (non-hydrogen) atoms. The van der Waals surface area contributed by atoms with Gasteiger partial charge in [0.05, 0.1) is 4.91 Å². The molecule has 212 valence electrons. The molecule has 0 saturated carbocycles. The fourth-order valence-electron chi connectivity index (χ4n) is 4.84. The van der Waals surface area contributed by atoms with Gasteiger partial charge in [0.2, 0.25) is 18.6 Å². The lowest BCUT2D eigenvalue weighted by atomic mass is 10.1. The second-order valence-electron chi connectivity index (χ2n) is 9.54. The highest BCUT2D eigenvalue weighted by Crippen LogP contribution is 2.36. The fourth-order valence-corrected chi connectivity index (χ4v) is 5.85. The van der Waals surface area contributed by atoms with Gasteiger partial charge in [0, 0.05) is 44.6 Å². The number of carbonyl (C=O) groups is 4. The highest BCUT2D eigenvalue weighted by molar-refractivity contribution is 8.18. The lowest BCUT2D eigenvalue weighted by Crippen LogP contribution is -2.36. The van der Waals surface area contributed by atoms with Gasteiger partial charge >= 0.3 is 0 Å². The minimum atomic E-state index is -0.567. The molecule has 1 aromatic heterocycles. The Morgan fingerprint density at radius 2 is 1.67 bits per heavy atom. The van der Waals surface area contributed by atoms with Gasteiger partial charge < -0.3 is 24.7 Å². The molecule has 0 unspecified atom stereocenters. The molecule has 3 aromatic carbocycles. The van der Waals surface area contributed by atoms with Crippen molar-refractivity contribution in [2.45, 2.75) is 13.5 Å². The zero-order chi connectivity index (χ0) is 29.4. The molecule has 10 nitrogen and oxygen atoms in total. The number of hydrogen-bond donors (Lipinski definition) is 2. The minimum absolute atomic E-state index is 0.0137. The third-order valence-electron chi connectivity index (χ3n) is 6.80. The Labute approximate surface area is 249 Å². The monoisotopic (exact) mass is 602 g/mol. The van der Waals surface area contributed by atoms with Crippen LogP contribution in [-0.4, -0.2) is 45.8 Å². The largest absolute Gasteiger partial charge is 0.454 e. The predicted octanol–water partition coefficient (Wildman–Crippen LogP) is 5.65. The van der Waals surface area contributed by atoms with E-state index in [-0.39, 0.29) is 24.2 Å². The smallest absolute Gasteiger partial charge is 0.294 e. The zero-order valence-corrected chi connectivity index (χ0v) is 23.8. The van der Waals surface area contributed by atoms with Gasteiger partial charge in [0.15, 0.2) is 11.5 Å². The van der Waals surface area contributed by atoms with Crippen LogP contribution in [0.5, 0.6) is 11.5 Å². The fraction of sp³-hybridized carbons (Fsp3) is 0.133. The SMILES string of the molecule is Cc1c(/C=C2\SC(=O)N(CC(=O)Nc3cccc(Cl)c3)C2=O)c2ccccc2n1CC(=O)Nc1ccc2c(c1)OCO2. The summed E-state index contributed by atoms with van der Waals surface area (Å²) >= 11 is 6.73. The maximum atomic E-state index is 13.2. The molecule has 12 heteroatoms. The number of fused-ring (bicyclic) bond motifs is 2. The van der Waals surface area contributed by atoms with Gasteiger partial charge in [0.1, 0.15) is 13.1 Å². The molecule has 6 rings (SSSR count). The standard InChI is InChI=1S/C30H23ClN4O6S/c1-17-22(13-26-29(38)35(30(39)42-26)15-28(37)32-19-6-4-5-18(31)11-19)21-7-2-3-8-23(21)34(17)14-27(36)33-20-9-10-24-25(12-20)41-16-40-24/h2-13H,14-16H2,1H3,(H,32,37)(H,33,36)/b26-13-. The summed E-state index contributed by atoms with van der Waals surface area (Å²) < 4.78 is 12.6. The van der Waals surface area contributed by atoms with Crippen LogP contribution in [-0.2, 0) is 20.9 Å². The first-order chi connectivity index (χ1) is 20.3. The van der Waals surface area contributed by atoms with Crippen molar-refractivity contribution in [3.63, 3.8) is 0 Å². The normalized spacial score (nSPS) is 15.1. The highest BCUT2D eigenvalue weighted by Gasteiger charge is 2.36. The Morgan fingerprint density at radius 1 is 0.929 bits per heavy atom. The number of imide groups is 1. The Morgan fingerprint density at radius 3 is 2.48 bits per heavy atom. The molecule has 0 atom stereocenters. The number of rotatable bonds is 7. The lowest BCUT2D eigenvalue weighted by molar-refractivity contribution is -0.127. The number of amides is 4. The van der Waals surface area contributed by atoms with Crippen molar-refractivity contribution in [3.8, 4) is 11.5 Å². The molecule has 2 N–H and O–H groups in total. The van der Waals surface area contributed by atoms with Crippen LogP contribution in [0.1, 0.15) is 11.3 Å². The maximum absolute atomic E-state index is 13.2. The second kappa shape index (κ2) is 11.3. The van der Waals surface area contributed by atoms with Crippen molar-refractivity contribution >= 4 is 74.7 Å². The predicted molar refractivity (Wildman–Crippen MR) is 161 cm³/mol. The van der Waals surface area contributed by atoms with Gasteiger partial charge in [-0.1, -0.05) is 35.9 Å². The molecule has 2 aliphatic rings. The van der Waals surface area contributed by atoms with E-state index in [1.165, 1.54) is 0 Å². The first kappa shape index (κ1) is 27.4. The first-order valence-corrected chi connectivity index (χ1v) is 14.0. The molecule has 0 spiro atoms. The molecule has 1 saturated heterocycles. The maximum Gasteiger partial charge on any atom is 0.294 e. The Hall–Kier alpha value is -4.74. The molecule has 1 fully saturated rings. The van der Waals surface area contributed by atoms with E-state index in [9.17, 15) is 19.2 Å². The van der Waals surface area contributed by atoms with Gasteiger partial charge in [-0.15, -0.1) is 0 Å². The molecule has 4 amide bonds. The lowest BCUT2D eigenvalue weighted by Gasteiger charge is -2.12. The summed E-state index contributed by atoms with van der Waals surface area (Å²) in [6, 6.07) is 19.3. The number of hydrogen-bond acceptors (Lipinski definition) is 7. The van der Waals surface area contributed by atoms with E-state index in [1.54, 1.807) is 48.5 Å². The number of nitrogens with zero attached hydrogens (tertiary/aromatic N) is 2. The van der Waals surface area contributed by atoms with Crippen molar-refractivity contribution < 1.29 is 28.7 Å². The number of para-hydroxylation sites is 1. The van der Waals surface area contributed by atoms with E-state index in [2.05, 4.69) is 10.6 Å². The molecule has 3 heterocycles. The average Bonchev–Trinajstić information content (AvgIpc) is 3.61. The zero-order valence-electron chi connectivity index (χ0n) is 22.2. The van der Waals surface area contributed by atoms with E-state index in [4.69, 9.17) is 21.1 Å². The van der Waals surface area contributed by atoms with Gasteiger partial charge in [-0.25, -0.2) is 0 Å². The van der Waals surface area contributed by atoms with E-state index in [0.29, 0.717) is 33.5 Å². The van der Waals surface area contributed by atoms with Crippen LogP contribution in [0, 0.1) is 6.92 Å². The third kappa shape index (κ3) is 5.44. The molecular weight excluding hydrogens is 580 g/mol. The van der Waals surface area contributed by atoms with Crippen LogP contribution in [0.15, 0.2) is 71.6 Å². The molecule has 0 aliphatic carbocycles. The van der Waals surface area contributed by atoms with Crippen LogP contribution >= 0.6 is 23.4 Å². The number of thioether (sulfide) groups is 1. The molecule has 0 bridgehead atoms. The van der Waals surface area contributed by atoms with Gasteiger partial charge in [-0.05, 0) is 61.2 Å². The quantitative estimate of drug-likeness (QED) is 0.263. The van der Waals surface area contributed by atoms with E-state index in [1.807, 2.05) is 35.8 Å². The van der Waals surface area contributed by atoms with E-state index < -0.39 is 23.6 Å². The van der Waals surface area contributed by atoms with Crippen LogP contribution < -0.4 is 20.1 Å². The van der Waals surface area contributed by atoms with Crippen LogP contribution in [0.25, 0.3) is 17.0 Å². The number of carbonyl (C=O) groups excluding carboxylic acids is 4. The number of aromatic nitrogens is 1. The van der Waals surface area contributed by atoms with Crippen LogP contribution in [0.3, 0.4) is 0 Å². The average molecular weight is 603 g/mol. The summed E-state index contributed by atoms with van der Waals surface area (Å²) in [6.07, 6.45) is 1.64. The summed E-state index contributed by atoms with van der Waals surface area (Å²) in [6.45, 7) is 1.57. The minimum Gasteiger partial charge on any atom is -0.454 e. The van der Waals surface area contributed by atoms with Crippen molar-refractivity contribution in [1.82, 2.24) is 9.47 Å². The topological polar surface area (TPSA) is 119 Å². The van der Waals surface area contributed by atoms with Crippen molar-refractivity contribution in [2.75, 3.05) is 24.0 Å². The number of nitrogens with one attached hydrogen (secondary N) is 2. The first-order valence-electron chi connectivity index (χ1n) is 12.8. The number of ether oxygens (including phenoxy) is 2. The summed E-state index contributed by atoms with van der Waals surface area (Å²) in [7, 11) is 0. The summed E-state index contributed by atoms with van der Waals surface area (Å²) in [5.41, 5.74) is 3.27. The van der Waals surface area contributed by atoms with Crippen LogP contribution in [0.4, 0.5) is 16.2 Å². The highest BCUT2D eigenvalue weighted by atomic mass is 35.5. The third-order valence-corrected chi connectivity index (χ3v) is 7.94. The van der Waals surface area contributed by atoms with Gasteiger partial charge in [-0.3, -0.25) is 24.1 Å². The molecular formula is C30H23ClN4O6S. The van der Waals surface area contributed by atoms with Crippen LogP contribution in [0.2, 0.25) is 5.02 Å². The number of anilines is 2. The van der Waals surface area contributed by atoms with E-state index in [0.717, 1.165) is 33.3 Å². The van der Waals surface area contributed by atoms with E-state index >= 15 is 0 Å². The number of benzene rings is 3. The summed E-state index contributed by atoms with van der Waals surface area (Å²) in [4.78, 5) is 52.6. The number of halogens is 1. The second-order valence-corrected chi connectivity index (χ2v) is 11.0. The Bertz CT molecular complexity index is 1820.